The predicted octanol–water partition coefficient (Wildman–Crippen LogP) is 1.76. The van der Waals surface area contributed by atoms with Gasteiger partial charge < -0.3 is 25.0 Å². The lowest BCUT2D eigenvalue weighted by Crippen LogP contribution is -2.50. The number of hydrogen-bond donors (Lipinski definition) is 3. The number of carboxylic acid groups (broad SMARTS) is 1. The first kappa shape index (κ1) is 23.2. The zero-order valence-electron chi connectivity index (χ0n) is 21.7. The summed E-state index contributed by atoms with van der Waals surface area (Å²) in [7, 11) is 0. The van der Waals surface area contributed by atoms with Gasteiger partial charge in [-0.3, -0.25) is 0 Å². The smallest absolute Gasteiger partial charge is 0.336 e. The highest BCUT2D eigenvalue weighted by Gasteiger charge is 2.38. The van der Waals surface area contributed by atoms with Gasteiger partial charge in [0.2, 0.25) is 5.36 Å². The molecule has 0 radical (unpaired) electrons. The van der Waals surface area contributed by atoms with Gasteiger partial charge in [-0.05, 0) is 48.6 Å². The van der Waals surface area contributed by atoms with Gasteiger partial charge in [0.25, 0.3) is 0 Å². The molecule has 0 unspecified atom stereocenters. The van der Waals surface area contributed by atoms with Crippen molar-refractivity contribution in [1.29, 1.82) is 0 Å². The van der Waals surface area contributed by atoms with Gasteiger partial charge in [0.1, 0.15) is 24.1 Å². The van der Waals surface area contributed by atoms with Gasteiger partial charge in [-0.15, -0.1) is 0 Å². The first-order valence-electron chi connectivity index (χ1n) is 14.1. The number of fused-ring (bicyclic) bond motifs is 4. The van der Waals surface area contributed by atoms with Crippen molar-refractivity contribution in [2.75, 3.05) is 31.1 Å². The molecule has 0 amide bonds. The molecule has 7 heteroatoms. The van der Waals surface area contributed by atoms with Gasteiger partial charge in [-0.2, -0.15) is 0 Å². The van der Waals surface area contributed by atoms with Gasteiger partial charge in [0.15, 0.2) is 6.54 Å². The highest BCUT2D eigenvalue weighted by molar-refractivity contribution is 5.99. The molecule has 39 heavy (non-hydrogen) atoms. The molecule has 8 rings (SSSR count). The van der Waals surface area contributed by atoms with Crippen LogP contribution in [-0.2, 0) is 25.7 Å². The zero-order chi connectivity index (χ0) is 26.4. The third-order valence-electron chi connectivity index (χ3n) is 9.15. The Morgan fingerprint density at radius 3 is 2.64 bits per heavy atom. The molecule has 7 nitrogen and oxygen atoms in total. The van der Waals surface area contributed by atoms with Crippen LogP contribution < -0.4 is 24.8 Å². The number of rotatable bonds is 2. The molecule has 3 N–H and O–H groups in total. The molecule has 0 saturated carbocycles. The van der Waals surface area contributed by atoms with Gasteiger partial charge in [0, 0.05) is 65.5 Å². The van der Waals surface area contributed by atoms with E-state index in [0.29, 0.717) is 31.5 Å². The second kappa shape index (κ2) is 8.41. The lowest BCUT2D eigenvalue weighted by molar-refractivity contribution is 0.0696. The van der Waals surface area contributed by atoms with E-state index in [0.717, 1.165) is 77.8 Å². The van der Waals surface area contributed by atoms with Crippen LogP contribution in [0, 0.1) is 0 Å². The molecule has 5 heterocycles. The fourth-order valence-corrected chi connectivity index (χ4v) is 7.74. The van der Waals surface area contributed by atoms with Crippen molar-refractivity contribution in [3.05, 3.63) is 85.9 Å². The molecule has 2 atom stereocenters. The van der Waals surface area contributed by atoms with Crippen LogP contribution >= 0.6 is 0 Å². The first-order valence-corrected chi connectivity index (χ1v) is 14.1. The molecule has 0 spiro atoms. The molecular formula is C32H31N2O5+. The van der Waals surface area contributed by atoms with E-state index in [1.807, 2.05) is 12.1 Å². The molecule has 0 saturated heterocycles. The number of aryl methyl sites for hydroxylation is 2. The highest BCUT2D eigenvalue weighted by atomic mass is 16.5. The largest absolute Gasteiger partial charge is 0.478 e. The molecule has 5 aliphatic heterocycles. The topological polar surface area (TPSA) is 93.2 Å². The number of carbonyl (C=O) groups is 1. The minimum Gasteiger partial charge on any atom is -0.478 e. The van der Waals surface area contributed by atoms with Crippen molar-refractivity contribution in [1.82, 2.24) is 4.58 Å². The third kappa shape index (κ3) is 3.36. The molecule has 0 fully saturated rings. The van der Waals surface area contributed by atoms with Crippen LogP contribution in [0.4, 0.5) is 5.69 Å². The number of hydrogen-bond acceptors (Lipinski definition) is 5. The number of benzene rings is 3. The standard InChI is InChI=1S/C32H30N2O5/c35-19-13-25-28-17(5-3-9-33(28)15-19)11-23-27(21-7-1-2-8-22(21)32(37)38)24-12-18-6-4-10-34-16-20(36)14-26(29(18)34)31(24)39-30(23)25/h1-2,7-8,11-12,19-20,35-36H,3-6,9-10,13-16H2/p+1/t19-,20+. The summed E-state index contributed by atoms with van der Waals surface area (Å²) in [5, 5.41) is 34.1. The first-order chi connectivity index (χ1) is 19.0. The van der Waals surface area contributed by atoms with Gasteiger partial charge >= 0.3 is 5.97 Å². The van der Waals surface area contributed by atoms with E-state index in [2.05, 4.69) is 21.6 Å². The summed E-state index contributed by atoms with van der Waals surface area (Å²) in [6, 6.07) is 11.6. The van der Waals surface area contributed by atoms with Crippen molar-refractivity contribution in [2.24, 2.45) is 0 Å². The summed E-state index contributed by atoms with van der Waals surface area (Å²) < 4.78 is 9.21. The van der Waals surface area contributed by atoms with Crippen molar-refractivity contribution in [3.63, 3.8) is 0 Å². The summed E-state index contributed by atoms with van der Waals surface area (Å²) in [5.74, 6) is 0.482. The fourth-order valence-electron chi connectivity index (χ4n) is 7.74. The average molecular weight is 524 g/mol. The maximum atomic E-state index is 12.5. The molecule has 0 aromatic heterocycles. The fraction of sp³-hybridized carbons (Fsp3) is 0.375. The maximum absolute atomic E-state index is 12.5. The Balaban J connectivity index is 1.54. The van der Waals surface area contributed by atoms with E-state index in [4.69, 9.17) is 4.74 Å². The van der Waals surface area contributed by atoms with E-state index in [1.54, 1.807) is 12.1 Å². The normalized spacial score (nSPS) is 22.4. The number of aliphatic hydroxyl groups excluding tert-OH is 2. The summed E-state index contributed by atoms with van der Waals surface area (Å²) in [6.45, 7) is 3.05. The van der Waals surface area contributed by atoms with Crippen molar-refractivity contribution in [2.45, 2.75) is 50.7 Å². The van der Waals surface area contributed by atoms with E-state index < -0.39 is 18.2 Å². The minimum atomic E-state index is -0.963. The van der Waals surface area contributed by atoms with Crippen LogP contribution in [-0.4, -0.2) is 59.7 Å². The highest BCUT2D eigenvalue weighted by Crippen LogP contribution is 2.48. The Morgan fingerprint density at radius 1 is 0.949 bits per heavy atom. The number of ether oxygens (including phenoxy) is 1. The lowest BCUT2D eigenvalue weighted by Gasteiger charge is -2.41. The van der Waals surface area contributed by atoms with E-state index >= 15 is 0 Å². The van der Waals surface area contributed by atoms with Crippen LogP contribution in [0.3, 0.4) is 0 Å². The van der Waals surface area contributed by atoms with Gasteiger partial charge in [0.05, 0.1) is 17.2 Å². The quantitative estimate of drug-likeness (QED) is 0.347. The zero-order valence-corrected chi connectivity index (χ0v) is 21.7. The second-order valence-corrected chi connectivity index (χ2v) is 11.6. The Hall–Kier alpha value is -3.68. The third-order valence-corrected chi connectivity index (χ3v) is 9.15. The number of carboxylic acids is 1. The number of aromatic carboxylic acids is 1. The lowest BCUT2D eigenvalue weighted by atomic mass is 9.81. The molecule has 3 aromatic carbocycles. The summed E-state index contributed by atoms with van der Waals surface area (Å²) in [5.41, 5.74) is 8.36. The van der Waals surface area contributed by atoms with E-state index in [1.165, 1.54) is 22.2 Å². The summed E-state index contributed by atoms with van der Waals surface area (Å²) >= 11 is 0. The number of aliphatic hydroxyl groups is 2. The molecule has 0 aliphatic carbocycles. The summed E-state index contributed by atoms with van der Waals surface area (Å²) in [6.07, 6.45) is 3.94. The SMILES string of the molecule is O=C(O)c1ccccc1C1=c2cc3c4c(c2Oc2c1cc1c5c2C[C@H](O)CN5CCC1)C[C@@H](O)C[N+]=4CCC3. The van der Waals surface area contributed by atoms with Gasteiger partial charge in [-0.25, -0.2) is 9.37 Å². The predicted molar refractivity (Wildman–Crippen MR) is 146 cm³/mol. The Labute approximate surface area is 225 Å². The van der Waals surface area contributed by atoms with Crippen molar-refractivity contribution < 1.29 is 24.9 Å². The minimum absolute atomic E-state index is 0.257. The Bertz CT molecular complexity index is 1730. The second-order valence-electron chi connectivity index (χ2n) is 11.6. The van der Waals surface area contributed by atoms with E-state index in [9.17, 15) is 20.1 Å². The monoisotopic (exact) mass is 523 g/mol. The average Bonchev–Trinajstić information content (AvgIpc) is 2.92. The number of nitrogens with zero attached hydrogens (tertiary/aromatic N) is 2. The molecular weight excluding hydrogens is 492 g/mol. The van der Waals surface area contributed by atoms with Crippen molar-refractivity contribution >= 4 is 17.2 Å². The van der Waals surface area contributed by atoms with Gasteiger partial charge in [-0.1, -0.05) is 18.2 Å². The Kier molecular flexibility index (Phi) is 5.01. The van der Waals surface area contributed by atoms with Crippen molar-refractivity contribution in [3.8, 4) is 11.5 Å². The Morgan fingerprint density at radius 2 is 1.77 bits per heavy atom. The van der Waals surface area contributed by atoms with Crippen LogP contribution in [0.25, 0.3) is 5.57 Å². The summed E-state index contributed by atoms with van der Waals surface area (Å²) in [4.78, 5) is 14.8. The molecule has 5 aliphatic rings. The molecule has 0 bridgehead atoms. The maximum Gasteiger partial charge on any atom is 0.336 e. The van der Waals surface area contributed by atoms with Crippen LogP contribution in [0.2, 0.25) is 0 Å². The molecule has 198 valence electrons. The van der Waals surface area contributed by atoms with Crippen LogP contribution in [0.1, 0.15) is 56.6 Å². The molecule has 3 aromatic rings. The van der Waals surface area contributed by atoms with Crippen LogP contribution in [0.5, 0.6) is 11.5 Å². The van der Waals surface area contributed by atoms with E-state index in [-0.39, 0.29) is 5.56 Å². The van der Waals surface area contributed by atoms with Crippen LogP contribution in [0.15, 0.2) is 36.4 Å². The number of anilines is 1.